The van der Waals surface area contributed by atoms with E-state index in [1.807, 2.05) is 13.1 Å². The molecule has 2 rings (SSSR count). The Labute approximate surface area is 190 Å². The number of halogens is 3. The van der Waals surface area contributed by atoms with Crippen molar-refractivity contribution in [3.05, 3.63) is 47.2 Å². The molecule has 1 amide bonds. The standard InChI is InChI=1S/C24H36F3NO3Si/c1-6-10-11-20(16-28-18(5)17-30-23(28)29)22(31-32(7-2,8-3)9-4)19-12-14-21(15-13-19)24(25,26)27/h12-16,18,22H,6-11,17H2,1-5H3/b20-16+/t18-,22-/m0/s1. The third kappa shape index (κ3) is 6.38. The number of cyclic esters (lactones) is 1. The molecule has 0 radical (unpaired) electrons. The number of amides is 1. The summed E-state index contributed by atoms with van der Waals surface area (Å²) in [4.78, 5) is 13.8. The van der Waals surface area contributed by atoms with E-state index in [2.05, 4.69) is 27.7 Å². The summed E-state index contributed by atoms with van der Waals surface area (Å²) in [6.07, 6.45) is -0.923. The Kier molecular flexibility index (Phi) is 9.39. The largest absolute Gasteiger partial charge is 0.447 e. The van der Waals surface area contributed by atoms with Crippen LogP contribution in [0.1, 0.15) is 71.1 Å². The van der Waals surface area contributed by atoms with Gasteiger partial charge in [-0.15, -0.1) is 0 Å². The normalized spacial score (nSPS) is 18.8. The summed E-state index contributed by atoms with van der Waals surface area (Å²) in [5.41, 5.74) is 0.915. The molecule has 1 aromatic rings. The lowest BCUT2D eigenvalue weighted by molar-refractivity contribution is -0.137. The zero-order valence-electron chi connectivity index (χ0n) is 19.8. The average Bonchev–Trinajstić information content (AvgIpc) is 3.09. The molecule has 0 aliphatic carbocycles. The topological polar surface area (TPSA) is 38.8 Å². The number of ether oxygens (including phenoxy) is 1. The van der Waals surface area contributed by atoms with E-state index in [1.165, 1.54) is 12.1 Å². The highest BCUT2D eigenvalue weighted by Crippen LogP contribution is 2.38. The summed E-state index contributed by atoms with van der Waals surface area (Å²) in [6.45, 7) is 10.7. The van der Waals surface area contributed by atoms with Gasteiger partial charge in [-0.2, -0.15) is 13.2 Å². The molecule has 1 aromatic carbocycles. The summed E-state index contributed by atoms with van der Waals surface area (Å²) >= 11 is 0. The predicted octanol–water partition coefficient (Wildman–Crippen LogP) is 7.68. The SMILES string of the molecule is CCCC/C(=C\N1C(=O)OC[C@@H]1C)[C@@H](O[Si](CC)(CC)CC)c1ccc(C(F)(F)F)cc1. The third-order valence-corrected chi connectivity index (χ3v) is 11.0. The molecular formula is C24H36F3NO3Si. The molecule has 1 aliphatic rings. The second-order valence-corrected chi connectivity index (χ2v) is 13.2. The highest BCUT2D eigenvalue weighted by molar-refractivity contribution is 6.73. The average molecular weight is 472 g/mol. The van der Waals surface area contributed by atoms with Crippen molar-refractivity contribution >= 4 is 14.4 Å². The lowest BCUT2D eigenvalue weighted by atomic mass is 9.96. The van der Waals surface area contributed by atoms with Crippen LogP contribution in [0.25, 0.3) is 0 Å². The zero-order valence-corrected chi connectivity index (χ0v) is 20.8. The molecule has 2 atom stereocenters. The molecule has 4 nitrogen and oxygen atoms in total. The lowest BCUT2D eigenvalue weighted by Crippen LogP contribution is -2.38. The molecule has 1 aliphatic heterocycles. The summed E-state index contributed by atoms with van der Waals surface area (Å²) in [6, 6.07) is 7.91. The molecule has 0 spiro atoms. The van der Waals surface area contributed by atoms with Crippen LogP contribution in [0.3, 0.4) is 0 Å². The van der Waals surface area contributed by atoms with E-state index in [4.69, 9.17) is 9.16 Å². The molecular weight excluding hydrogens is 435 g/mol. The van der Waals surface area contributed by atoms with Crippen molar-refractivity contribution in [1.29, 1.82) is 0 Å². The Bertz CT molecular complexity index is 767. The molecule has 0 aromatic heterocycles. The number of rotatable bonds is 11. The molecule has 180 valence electrons. The molecule has 8 heteroatoms. The van der Waals surface area contributed by atoms with Gasteiger partial charge in [0.25, 0.3) is 0 Å². The highest BCUT2D eigenvalue weighted by atomic mass is 28.4. The van der Waals surface area contributed by atoms with Gasteiger partial charge in [-0.1, -0.05) is 46.2 Å². The van der Waals surface area contributed by atoms with E-state index in [9.17, 15) is 18.0 Å². The van der Waals surface area contributed by atoms with Crippen molar-refractivity contribution in [3.63, 3.8) is 0 Å². The van der Waals surface area contributed by atoms with Crippen LogP contribution >= 0.6 is 0 Å². The van der Waals surface area contributed by atoms with Crippen LogP contribution in [0, 0.1) is 0 Å². The number of alkyl halides is 3. The van der Waals surface area contributed by atoms with Crippen molar-refractivity contribution in [3.8, 4) is 0 Å². The molecule has 1 saturated heterocycles. The van der Waals surface area contributed by atoms with E-state index < -0.39 is 32.3 Å². The molecule has 0 unspecified atom stereocenters. The minimum Gasteiger partial charge on any atom is -0.447 e. The van der Waals surface area contributed by atoms with Gasteiger partial charge in [0.05, 0.1) is 17.7 Å². The maximum Gasteiger partial charge on any atom is 0.416 e. The van der Waals surface area contributed by atoms with Crippen molar-refractivity contribution in [2.45, 2.75) is 90.3 Å². The molecule has 1 heterocycles. The maximum absolute atomic E-state index is 13.1. The Balaban J connectivity index is 2.55. The lowest BCUT2D eigenvalue weighted by Gasteiger charge is -2.35. The van der Waals surface area contributed by atoms with Gasteiger partial charge < -0.3 is 9.16 Å². The maximum atomic E-state index is 13.1. The van der Waals surface area contributed by atoms with Gasteiger partial charge in [0.1, 0.15) is 6.61 Å². The second kappa shape index (κ2) is 11.4. The van der Waals surface area contributed by atoms with Gasteiger partial charge in [-0.25, -0.2) is 4.79 Å². The number of carbonyl (C=O) groups excluding carboxylic acids is 1. The summed E-state index contributed by atoms with van der Waals surface area (Å²) in [7, 11) is -2.10. The van der Waals surface area contributed by atoms with E-state index >= 15 is 0 Å². The fourth-order valence-electron chi connectivity index (χ4n) is 3.98. The number of hydrogen-bond donors (Lipinski definition) is 0. The van der Waals surface area contributed by atoms with Crippen LogP contribution in [0.15, 0.2) is 36.0 Å². The molecule has 0 bridgehead atoms. The summed E-state index contributed by atoms with van der Waals surface area (Å²) in [5, 5.41) is 0. The minimum absolute atomic E-state index is 0.0992. The summed E-state index contributed by atoms with van der Waals surface area (Å²) < 4.78 is 51.4. The fraction of sp³-hybridized carbons (Fsp3) is 0.625. The number of nitrogens with zero attached hydrogens (tertiary/aromatic N) is 1. The van der Waals surface area contributed by atoms with E-state index in [0.717, 1.165) is 48.7 Å². The highest BCUT2D eigenvalue weighted by Gasteiger charge is 2.36. The predicted molar refractivity (Wildman–Crippen MR) is 123 cm³/mol. The quantitative estimate of drug-likeness (QED) is 0.311. The van der Waals surface area contributed by atoms with E-state index in [-0.39, 0.29) is 6.04 Å². The second-order valence-electron chi connectivity index (χ2n) is 8.50. The molecule has 32 heavy (non-hydrogen) atoms. The number of benzene rings is 1. The first-order valence-electron chi connectivity index (χ1n) is 11.6. The van der Waals surface area contributed by atoms with E-state index in [0.29, 0.717) is 18.6 Å². The fourth-order valence-corrected chi connectivity index (χ4v) is 6.77. The van der Waals surface area contributed by atoms with Gasteiger partial charge in [0.15, 0.2) is 8.32 Å². The van der Waals surface area contributed by atoms with Crippen LogP contribution in [-0.2, 0) is 15.3 Å². The van der Waals surface area contributed by atoms with Gasteiger partial charge >= 0.3 is 12.3 Å². The Hall–Kier alpha value is -1.80. The van der Waals surface area contributed by atoms with Crippen LogP contribution in [0.5, 0.6) is 0 Å². The zero-order chi connectivity index (χ0) is 23.9. The number of hydrogen-bond acceptors (Lipinski definition) is 3. The van der Waals surface area contributed by atoms with Gasteiger partial charge in [0, 0.05) is 6.20 Å². The Morgan fingerprint density at radius 1 is 1.19 bits per heavy atom. The van der Waals surface area contributed by atoms with Crippen molar-refractivity contribution < 1.29 is 27.1 Å². The molecule has 1 fully saturated rings. The van der Waals surface area contributed by atoms with Crippen molar-refractivity contribution in [2.75, 3.05) is 6.61 Å². The van der Waals surface area contributed by atoms with Crippen LogP contribution < -0.4 is 0 Å². The Morgan fingerprint density at radius 2 is 1.78 bits per heavy atom. The van der Waals surface area contributed by atoms with Crippen molar-refractivity contribution in [1.82, 2.24) is 4.90 Å². The number of unbranched alkanes of at least 4 members (excludes halogenated alkanes) is 1. The molecule has 0 saturated carbocycles. The van der Waals surface area contributed by atoms with Gasteiger partial charge in [-0.05, 0) is 61.2 Å². The molecule has 0 N–H and O–H groups in total. The van der Waals surface area contributed by atoms with E-state index in [1.54, 1.807) is 4.90 Å². The first-order valence-corrected chi connectivity index (χ1v) is 14.1. The van der Waals surface area contributed by atoms with Crippen LogP contribution in [0.2, 0.25) is 18.1 Å². The summed E-state index contributed by atoms with van der Waals surface area (Å²) in [5.74, 6) is 0. The van der Waals surface area contributed by atoms with Gasteiger partial charge in [0.2, 0.25) is 0 Å². The number of carbonyl (C=O) groups is 1. The minimum atomic E-state index is -4.39. The van der Waals surface area contributed by atoms with Crippen molar-refractivity contribution in [2.24, 2.45) is 0 Å². The first-order chi connectivity index (χ1) is 15.1. The van der Waals surface area contributed by atoms with Gasteiger partial charge in [-0.3, -0.25) is 4.90 Å². The Morgan fingerprint density at radius 3 is 2.22 bits per heavy atom. The smallest absolute Gasteiger partial charge is 0.416 e. The first kappa shape index (κ1) is 26.4. The van der Waals surface area contributed by atoms with Crippen LogP contribution in [0.4, 0.5) is 18.0 Å². The monoisotopic (exact) mass is 471 g/mol. The van der Waals surface area contributed by atoms with Crippen LogP contribution in [-0.4, -0.2) is 32.0 Å². The third-order valence-electron chi connectivity index (χ3n) is 6.44.